The van der Waals surface area contributed by atoms with Crippen molar-refractivity contribution >= 4 is 30.4 Å². The minimum Gasteiger partial charge on any atom is -0.264 e. The van der Waals surface area contributed by atoms with E-state index in [1.807, 2.05) is 5.92 Å². The van der Waals surface area contributed by atoms with Gasteiger partial charge in [0.15, 0.2) is 0 Å². The topological polar surface area (TPSA) is 130 Å². The van der Waals surface area contributed by atoms with Crippen molar-refractivity contribution in [1.29, 1.82) is 0 Å². The van der Waals surface area contributed by atoms with Gasteiger partial charge in [-0.15, -0.1) is 6.42 Å². The van der Waals surface area contributed by atoms with Crippen LogP contribution in [0.1, 0.15) is 0 Å². The molecule has 0 heterocycles. The molecule has 0 rings (SSSR count). The van der Waals surface area contributed by atoms with E-state index in [0.717, 1.165) is 0 Å². The van der Waals surface area contributed by atoms with Crippen LogP contribution in [0.15, 0.2) is 36.0 Å². The number of terminal acetylenes is 1. The molecule has 0 N–H and O–H groups in total. The fraction of sp³-hybridized carbons (Fsp3) is 0.273. The quantitative estimate of drug-likeness (QED) is 0.290. The van der Waals surface area contributed by atoms with Crippen LogP contribution in [0, 0.1) is 12.3 Å². The number of hydrogen-bond donors (Lipinski definition) is 0. The Hall–Kier alpha value is -1.49. The van der Waals surface area contributed by atoms with E-state index >= 15 is 0 Å². The van der Waals surface area contributed by atoms with E-state index in [9.17, 15) is 25.3 Å². The smallest absolute Gasteiger partial charge is 0.264 e. The Morgan fingerprint density at radius 3 is 1.30 bits per heavy atom. The molecule has 0 fully saturated rings. The Balaban J connectivity index is 0. The van der Waals surface area contributed by atoms with Gasteiger partial charge in [0.05, 0.1) is 29.4 Å². The molecule has 0 aromatic heterocycles. The summed E-state index contributed by atoms with van der Waals surface area (Å²) in [7, 11) is -11.1. The van der Waals surface area contributed by atoms with Crippen molar-refractivity contribution in [2.75, 3.05) is 19.8 Å². The van der Waals surface area contributed by atoms with Crippen LogP contribution < -0.4 is 0 Å². The molecule has 0 saturated carbocycles. The third kappa shape index (κ3) is 15.2. The van der Waals surface area contributed by atoms with Crippen molar-refractivity contribution in [3.63, 3.8) is 0 Å². The fourth-order valence-electron chi connectivity index (χ4n) is 0.561. The average Bonchev–Trinajstić information content (AvgIpc) is 2.50. The lowest BCUT2D eigenvalue weighted by Gasteiger charge is -2.01. The van der Waals surface area contributed by atoms with Crippen molar-refractivity contribution in [3.8, 4) is 12.3 Å². The van der Waals surface area contributed by atoms with Crippen molar-refractivity contribution in [2.45, 2.75) is 0 Å². The Bertz CT molecular complexity index is 697. The Morgan fingerprint density at radius 1 is 0.739 bits per heavy atom. The molecule has 0 aromatic carbocycles. The average molecular weight is 388 g/mol. The molecule has 0 aliphatic heterocycles. The molecule has 132 valence electrons. The third-order valence-corrected chi connectivity index (χ3v) is 4.16. The van der Waals surface area contributed by atoms with Crippen LogP contribution in [0.2, 0.25) is 0 Å². The first-order chi connectivity index (χ1) is 10.4. The zero-order chi connectivity index (χ0) is 18.6. The van der Waals surface area contributed by atoms with Gasteiger partial charge in [-0.3, -0.25) is 12.5 Å². The van der Waals surface area contributed by atoms with Crippen LogP contribution in [0.3, 0.4) is 0 Å². The van der Waals surface area contributed by atoms with Crippen molar-refractivity contribution in [1.82, 2.24) is 0 Å². The fourth-order valence-corrected chi connectivity index (χ4v) is 1.68. The van der Waals surface area contributed by atoms with E-state index < -0.39 is 43.6 Å². The zero-order valence-corrected chi connectivity index (χ0v) is 14.4. The zero-order valence-electron chi connectivity index (χ0n) is 12.0. The second-order valence-electron chi connectivity index (χ2n) is 3.09. The summed E-state index contributed by atoms with van der Waals surface area (Å²) in [6.07, 6.45) is 4.72. The molecule has 9 nitrogen and oxygen atoms in total. The monoisotopic (exact) mass is 388 g/mol. The van der Waals surface area contributed by atoms with Crippen LogP contribution >= 0.6 is 0 Å². The van der Waals surface area contributed by atoms with E-state index in [2.05, 4.69) is 32.3 Å². The summed E-state index contributed by atoms with van der Waals surface area (Å²) in [4.78, 5) is 0. The first kappa shape index (κ1) is 23.8. The van der Waals surface area contributed by atoms with E-state index in [1.165, 1.54) is 0 Å². The molecule has 0 aliphatic rings. The summed E-state index contributed by atoms with van der Waals surface area (Å²) >= 11 is 0. The summed E-state index contributed by atoms with van der Waals surface area (Å²) in [5.74, 6) is 2.01. The summed E-state index contributed by atoms with van der Waals surface area (Å²) < 4.78 is 75.8. The van der Waals surface area contributed by atoms with Crippen LogP contribution in [-0.4, -0.2) is 45.1 Å². The maximum atomic E-state index is 10.6. The maximum absolute atomic E-state index is 10.6. The molecular formula is C11H16O9S3. The normalized spacial score (nSPS) is 11.4. The minimum atomic E-state index is -3.78. The van der Waals surface area contributed by atoms with E-state index in [-0.39, 0.29) is 6.61 Å². The highest BCUT2D eigenvalue weighted by molar-refractivity contribution is 7.90. The van der Waals surface area contributed by atoms with Gasteiger partial charge in [0.25, 0.3) is 30.4 Å². The lowest BCUT2D eigenvalue weighted by atomic mass is 10.8. The van der Waals surface area contributed by atoms with Crippen LogP contribution in [-0.2, 0) is 42.9 Å². The summed E-state index contributed by atoms with van der Waals surface area (Å²) in [5.41, 5.74) is 0. The molecule has 0 unspecified atom stereocenters. The summed E-state index contributed by atoms with van der Waals surface area (Å²) in [6.45, 7) is 7.93. The van der Waals surface area contributed by atoms with Crippen LogP contribution in [0.5, 0.6) is 0 Å². The highest BCUT2D eigenvalue weighted by Crippen LogP contribution is 1.96. The third-order valence-electron chi connectivity index (χ3n) is 1.50. The predicted molar refractivity (Wildman–Crippen MR) is 84.0 cm³/mol. The van der Waals surface area contributed by atoms with Crippen molar-refractivity contribution in [2.24, 2.45) is 0 Å². The van der Waals surface area contributed by atoms with E-state index in [0.29, 0.717) is 16.2 Å². The van der Waals surface area contributed by atoms with Crippen LogP contribution in [0.4, 0.5) is 0 Å². The maximum Gasteiger partial charge on any atom is 0.290 e. The molecular weight excluding hydrogens is 372 g/mol. The molecule has 0 aliphatic carbocycles. The first-order valence-corrected chi connectivity index (χ1v) is 9.85. The molecule has 0 atom stereocenters. The van der Waals surface area contributed by atoms with E-state index in [4.69, 9.17) is 6.42 Å². The second kappa shape index (κ2) is 11.1. The number of rotatable bonds is 10. The van der Waals surface area contributed by atoms with Gasteiger partial charge in [-0.1, -0.05) is 25.7 Å². The Labute approximate surface area is 136 Å². The second-order valence-corrected chi connectivity index (χ2v) is 7.75. The van der Waals surface area contributed by atoms with Gasteiger partial charge in [0.1, 0.15) is 6.61 Å². The predicted octanol–water partition coefficient (Wildman–Crippen LogP) is 0.0757. The molecule has 0 bridgehead atoms. The van der Waals surface area contributed by atoms with Crippen molar-refractivity contribution < 1.29 is 37.8 Å². The lowest BCUT2D eigenvalue weighted by molar-refractivity contribution is 0.229. The van der Waals surface area contributed by atoms with Gasteiger partial charge in [-0.05, 0) is 0 Å². The molecule has 0 spiro atoms. The molecule has 12 heteroatoms. The molecule has 0 amide bonds. The van der Waals surface area contributed by atoms with Gasteiger partial charge in [0.2, 0.25) is 0 Å². The first-order valence-electron chi connectivity index (χ1n) is 5.44. The lowest BCUT2D eigenvalue weighted by Crippen LogP contribution is -2.11. The van der Waals surface area contributed by atoms with Crippen LogP contribution in [0.25, 0.3) is 0 Å². The van der Waals surface area contributed by atoms with E-state index in [1.54, 1.807) is 0 Å². The minimum absolute atomic E-state index is 0.242. The molecule has 23 heavy (non-hydrogen) atoms. The summed E-state index contributed by atoms with van der Waals surface area (Å²) in [5, 5.41) is 1.91. The standard InChI is InChI=1S/C6H10O6S2.C5H6O3S/c1-3-13(7,8)11-5-6-12-14(9,10)4-2;1-3-5-8-9(6,7)4-2/h3-4H,1-2,5-6H2;1,4H,2,5H2. The Morgan fingerprint density at radius 2 is 1.04 bits per heavy atom. The number of hydrogen-bond acceptors (Lipinski definition) is 9. The van der Waals surface area contributed by atoms with Gasteiger partial charge < -0.3 is 0 Å². The molecule has 0 radical (unpaired) electrons. The Kier molecular flexibility index (Phi) is 11.5. The highest BCUT2D eigenvalue weighted by atomic mass is 32.2. The van der Waals surface area contributed by atoms with Gasteiger partial charge in [-0.2, -0.15) is 25.3 Å². The SMILES string of the molecule is C#CCOS(=O)(=O)C=C.C=CS(=O)(=O)OCCOS(=O)(=O)C=C. The molecule has 0 aromatic rings. The highest BCUT2D eigenvalue weighted by Gasteiger charge is 2.07. The van der Waals surface area contributed by atoms with Gasteiger partial charge in [-0.25, -0.2) is 0 Å². The van der Waals surface area contributed by atoms with Gasteiger partial charge >= 0.3 is 0 Å². The van der Waals surface area contributed by atoms with Crippen molar-refractivity contribution in [3.05, 3.63) is 36.0 Å². The molecule has 0 saturated heterocycles. The van der Waals surface area contributed by atoms with Gasteiger partial charge in [0, 0.05) is 0 Å². The summed E-state index contributed by atoms with van der Waals surface area (Å²) in [6, 6.07) is 0. The largest absolute Gasteiger partial charge is 0.290 e.